The molecule has 2 rings (SSSR count). The van der Waals surface area contributed by atoms with Crippen LogP contribution in [0, 0.1) is 6.92 Å². The zero-order valence-corrected chi connectivity index (χ0v) is 12.4. The summed E-state index contributed by atoms with van der Waals surface area (Å²) in [6.07, 6.45) is 0. The Bertz CT molecular complexity index is 602. The standard InChI is InChI=1S/C18H20O3/c1-3-21-18(20)15-9-7-14(8-10-15)17(12-19)16-6-4-5-13(2)11-16/h4-11,17,19H,3,12H2,1-2H3/t17-/m1/s1. The van der Waals surface area contributed by atoms with Crippen molar-refractivity contribution in [2.45, 2.75) is 19.8 Å². The molecule has 3 heteroatoms. The number of benzene rings is 2. The topological polar surface area (TPSA) is 46.5 Å². The first-order valence-electron chi connectivity index (χ1n) is 7.10. The number of hydrogen-bond donors (Lipinski definition) is 1. The van der Waals surface area contributed by atoms with Gasteiger partial charge in [0.05, 0.1) is 18.8 Å². The van der Waals surface area contributed by atoms with E-state index in [1.807, 2.05) is 37.3 Å². The van der Waals surface area contributed by atoms with E-state index in [9.17, 15) is 9.90 Å². The van der Waals surface area contributed by atoms with Gasteiger partial charge in [0.2, 0.25) is 0 Å². The molecule has 0 bridgehead atoms. The molecule has 2 aromatic rings. The van der Waals surface area contributed by atoms with Gasteiger partial charge in [-0.25, -0.2) is 4.79 Å². The van der Waals surface area contributed by atoms with Gasteiger partial charge in [0.15, 0.2) is 0 Å². The second-order valence-electron chi connectivity index (χ2n) is 4.99. The second-order valence-corrected chi connectivity index (χ2v) is 4.99. The third kappa shape index (κ3) is 3.70. The van der Waals surface area contributed by atoms with E-state index < -0.39 is 0 Å². The Balaban J connectivity index is 2.25. The number of aliphatic hydroxyl groups is 1. The number of carbonyl (C=O) groups excluding carboxylic acids is 1. The van der Waals surface area contributed by atoms with Crippen molar-refractivity contribution in [1.29, 1.82) is 0 Å². The average molecular weight is 284 g/mol. The lowest BCUT2D eigenvalue weighted by Gasteiger charge is -2.16. The van der Waals surface area contributed by atoms with E-state index in [1.54, 1.807) is 19.1 Å². The van der Waals surface area contributed by atoms with E-state index in [4.69, 9.17) is 4.74 Å². The third-order valence-corrected chi connectivity index (χ3v) is 3.45. The van der Waals surface area contributed by atoms with E-state index >= 15 is 0 Å². The quantitative estimate of drug-likeness (QED) is 0.857. The van der Waals surface area contributed by atoms with Crippen LogP contribution in [-0.4, -0.2) is 24.3 Å². The summed E-state index contributed by atoms with van der Waals surface area (Å²) in [5.74, 6) is -0.402. The minimum atomic E-state index is -0.319. The molecule has 1 atom stereocenters. The van der Waals surface area contributed by atoms with Gasteiger partial charge in [-0.1, -0.05) is 42.0 Å². The molecular formula is C18H20O3. The first-order chi connectivity index (χ1) is 10.2. The minimum Gasteiger partial charge on any atom is -0.462 e. The average Bonchev–Trinajstić information content (AvgIpc) is 2.49. The molecule has 0 spiro atoms. The highest BCUT2D eigenvalue weighted by Gasteiger charge is 2.14. The molecule has 0 aliphatic rings. The fourth-order valence-corrected chi connectivity index (χ4v) is 2.36. The summed E-state index contributed by atoms with van der Waals surface area (Å²) in [5, 5.41) is 9.69. The molecule has 0 aliphatic heterocycles. The van der Waals surface area contributed by atoms with Gasteiger partial charge < -0.3 is 9.84 Å². The lowest BCUT2D eigenvalue weighted by Crippen LogP contribution is -2.08. The van der Waals surface area contributed by atoms with Crippen LogP contribution in [0.1, 0.15) is 39.9 Å². The molecule has 0 heterocycles. The zero-order chi connectivity index (χ0) is 15.2. The number of ether oxygens (including phenoxy) is 1. The molecule has 0 unspecified atom stereocenters. The number of carbonyl (C=O) groups is 1. The van der Waals surface area contributed by atoms with Crippen molar-refractivity contribution >= 4 is 5.97 Å². The van der Waals surface area contributed by atoms with Crippen LogP contribution < -0.4 is 0 Å². The van der Waals surface area contributed by atoms with Gasteiger partial charge in [0.25, 0.3) is 0 Å². The van der Waals surface area contributed by atoms with Crippen molar-refractivity contribution < 1.29 is 14.6 Å². The highest BCUT2D eigenvalue weighted by molar-refractivity contribution is 5.89. The SMILES string of the molecule is CCOC(=O)c1ccc([C@@H](CO)c2cccc(C)c2)cc1. The predicted molar refractivity (Wildman–Crippen MR) is 82.5 cm³/mol. The maximum Gasteiger partial charge on any atom is 0.338 e. The van der Waals surface area contributed by atoms with Crippen LogP contribution in [0.25, 0.3) is 0 Å². The maximum absolute atomic E-state index is 11.6. The van der Waals surface area contributed by atoms with Crippen molar-refractivity contribution in [3.63, 3.8) is 0 Å². The smallest absolute Gasteiger partial charge is 0.338 e. The molecule has 0 aliphatic carbocycles. The first-order valence-corrected chi connectivity index (χ1v) is 7.10. The number of hydrogen-bond acceptors (Lipinski definition) is 3. The van der Waals surface area contributed by atoms with E-state index in [0.29, 0.717) is 12.2 Å². The van der Waals surface area contributed by atoms with Crippen LogP contribution in [0.3, 0.4) is 0 Å². The molecule has 2 aromatic carbocycles. The molecular weight excluding hydrogens is 264 g/mol. The van der Waals surface area contributed by atoms with Crippen molar-refractivity contribution in [1.82, 2.24) is 0 Å². The molecule has 0 aromatic heterocycles. The van der Waals surface area contributed by atoms with E-state index in [-0.39, 0.29) is 18.5 Å². The summed E-state index contributed by atoms with van der Waals surface area (Å²) in [4.78, 5) is 11.6. The summed E-state index contributed by atoms with van der Waals surface area (Å²) >= 11 is 0. The van der Waals surface area contributed by atoms with Crippen LogP contribution in [0.4, 0.5) is 0 Å². The fourth-order valence-electron chi connectivity index (χ4n) is 2.36. The summed E-state index contributed by atoms with van der Waals surface area (Å²) in [7, 11) is 0. The summed E-state index contributed by atoms with van der Waals surface area (Å²) in [6, 6.07) is 15.3. The zero-order valence-electron chi connectivity index (χ0n) is 12.4. The molecule has 0 saturated carbocycles. The lowest BCUT2D eigenvalue weighted by molar-refractivity contribution is 0.0526. The highest BCUT2D eigenvalue weighted by atomic mass is 16.5. The number of aryl methyl sites for hydroxylation is 1. The van der Waals surface area contributed by atoms with Crippen LogP contribution in [0.5, 0.6) is 0 Å². The maximum atomic E-state index is 11.6. The molecule has 110 valence electrons. The van der Waals surface area contributed by atoms with Crippen molar-refractivity contribution in [3.05, 3.63) is 70.8 Å². The van der Waals surface area contributed by atoms with E-state index in [2.05, 4.69) is 6.07 Å². The monoisotopic (exact) mass is 284 g/mol. The van der Waals surface area contributed by atoms with E-state index in [1.165, 1.54) is 0 Å². The summed E-state index contributed by atoms with van der Waals surface area (Å²) in [5.41, 5.74) is 3.74. The number of aliphatic hydroxyl groups excluding tert-OH is 1. The largest absolute Gasteiger partial charge is 0.462 e. The normalized spacial score (nSPS) is 12.0. The Labute approximate surface area is 125 Å². The molecule has 0 saturated heterocycles. The fraction of sp³-hybridized carbons (Fsp3) is 0.278. The number of esters is 1. The number of rotatable bonds is 5. The lowest BCUT2D eigenvalue weighted by atomic mass is 9.90. The predicted octanol–water partition coefficient (Wildman–Crippen LogP) is 3.30. The Morgan fingerprint density at radius 2 is 1.86 bits per heavy atom. The molecule has 0 fully saturated rings. The van der Waals surface area contributed by atoms with Gasteiger partial charge in [0, 0.05) is 5.92 Å². The molecule has 0 radical (unpaired) electrons. The third-order valence-electron chi connectivity index (χ3n) is 3.45. The van der Waals surface area contributed by atoms with Crippen molar-refractivity contribution in [2.24, 2.45) is 0 Å². The van der Waals surface area contributed by atoms with Gasteiger partial charge >= 0.3 is 5.97 Å². The van der Waals surface area contributed by atoms with Crippen LogP contribution >= 0.6 is 0 Å². The van der Waals surface area contributed by atoms with Gasteiger partial charge in [-0.2, -0.15) is 0 Å². The van der Waals surface area contributed by atoms with Gasteiger partial charge in [-0.3, -0.25) is 0 Å². The molecule has 1 N–H and O–H groups in total. The van der Waals surface area contributed by atoms with Gasteiger partial charge in [0.1, 0.15) is 0 Å². The van der Waals surface area contributed by atoms with E-state index in [0.717, 1.165) is 16.7 Å². The van der Waals surface area contributed by atoms with Gasteiger partial charge in [-0.05, 0) is 37.1 Å². The molecule has 21 heavy (non-hydrogen) atoms. The molecule has 3 nitrogen and oxygen atoms in total. The summed E-state index contributed by atoms with van der Waals surface area (Å²) in [6.45, 7) is 4.21. The van der Waals surface area contributed by atoms with Crippen molar-refractivity contribution in [2.75, 3.05) is 13.2 Å². The Kier molecular flexibility index (Phi) is 5.12. The van der Waals surface area contributed by atoms with Crippen molar-refractivity contribution in [3.8, 4) is 0 Å². The second kappa shape index (κ2) is 7.04. The highest BCUT2D eigenvalue weighted by Crippen LogP contribution is 2.25. The van der Waals surface area contributed by atoms with Gasteiger partial charge in [-0.15, -0.1) is 0 Å². The van der Waals surface area contributed by atoms with Crippen LogP contribution in [-0.2, 0) is 4.74 Å². The Morgan fingerprint density at radius 3 is 2.43 bits per heavy atom. The van der Waals surface area contributed by atoms with Crippen LogP contribution in [0.15, 0.2) is 48.5 Å². The Morgan fingerprint density at radius 1 is 1.14 bits per heavy atom. The van der Waals surface area contributed by atoms with Crippen LogP contribution in [0.2, 0.25) is 0 Å². The molecule has 0 amide bonds. The first kappa shape index (κ1) is 15.3. The summed E-state index contributed by atoms with van der Waals surface area (Å²) < 4.78 is 4.97. The Hall–Kier alpha value is -2.13. The minimum absolute atomic E-state index is 0.0300.